The Balaban J connectivity index is 2.16. The van der Waals surface area contributed by atoms with Crippen LogP contribution < -0.4 is 9.64 Å². The SMILES string of the molecule is C=CCOc1ccc(N2C(=O)CC(=C)C2O)cc1. The number of rotatable bonds is 4. The Kier molecular flexibility index (Phi) is 3.48. The van der Waals surface area contributed by atoms with Crippen LogP contribution in [0.25, 0.3) is 0 Å². The van der Waals surface area contributed by atoms with Crippen LogP contribution in [0, 0.1) is 0 Å². The number of amides is 1. The zero-order valence-electron chi connectivity index (χ0n) is 10.0. The van der Waals surface area contributed by atoms with E-state index in [0.29, 0.717) is 23.6 Å². The Morgan fingerprint density at radius 1 is 1.44 bits per heavy atom. The summed E-state index contributed by atoms with van der Waals surface area (Å²) in [5.74, 6) is 0.547. The van der Waals surface area contributed by atoms with Gasteiger partial charge in [-0.1, -0.05) is 19.2 Å². The average Bonchev–Trinajstić information content (AvgIpc) is 2.62. The van der Waals surface area contributed by atoms with Crippen LogP contribution in [0.5, 0.6) is 5.75 Å². The minimum Gasteiger partial charge on any atom is -0.490 e. The predicted octanol–water partition coefficient (Wildman–Crippen LogP) is 1.86. The van der Waals surface area contributed by atoms with Crippen molar-refractivity contribution in [3.63, 3.8) is 0 Å². The Labute approximate surface area is 106 Å². The van der Waals surface area contributed by atoms with Gasteiger partial charge in [0.05, 0.1) is 6.42 Å². The maximum absolute atomic E-state index is 11.7. The summed E-state index contributed by atoms with van der Waals surface area (Å²) < 4.78 is 5.35. The van der Waals surface area contributed by atoms with Gasteiger partial charge in [-0.15, -0.1) is 0 Å². The minimum atomic E-state index is -0.933. The van der Waals surface area contributed by atoms with E-state index in [1.807, 2.05) is 0 Å². The van der Waals surface area contributed by atoms with Gasteiger partial charge in [0.2, 0.25) is 5.91 Å². The predicted molar refractivity (Wildman–Crippen MR) is 69.4 cm³/mol. The zero-order chi connectivity index (χ0) is 13.1. The lowest BCUT2D eigenvalue weighted by atomic mass is 10.2. The molecule has 0 saturated carbocycles. The number of aliphatic hydroxyl groups is 1. The van der Waals surface area contributed by atoms with Gasteiger partial charge in [0, 0.05) is 5.69 Å². The lowest BCUT2D eigenvalue weighted by molar-refractivity contribution is -0.117. The maximum Gasteiger partial charge on any atom is 0.233 e. The molecule has 4 nitrogen and oxygen atoms in total. The van der Waals surface area contributed by atoms with Crippen LogP contribution in [-0.4, -0.2) is 23.8 Å². The number of aliphatic hydroxyl groups excluding tert-OH is 1. The van der Waals surface area contributed by atoms with Crippen molar-refractivity contribution >= 4 is 11.6 Å². The molecule has 1 aliphatic heterocycles. The van der Waals surface area contributed by atoms with Crippen molar-refractivity contribution in [2.24, 2.45) is 0 Å². The fourth-order valence-corrected chi connectivity index (χ4v) is 1.83. The smallest absolute Gasteiger partial charge is 0.233 e. The van der Waals surface area contributed by atoms with Crippen LogP contribution in [0.15, 0.2) is 49.1 Å². The molecule has 1 fully saturated rings. The molecular weight excluding hydrogens is 230 g/mol. The van der Waals surface area contributed by atoms with Gasteiger partial charge >= 0.3 is 0 Å². The van der Waals surface area contributed by atoms with Crippen LogP contribution in [0.4, 0.5) is 5.69 Å². The first kappa shape index (κ1) is 12.4. The first-order valence-electron chi connectivity index (χ1n) is 5.65. The largest absolute Gasteiger partial charge is 0.490 e. The van der Waals surface area contributed by atoms with Crippen molar-refractivity contribution in [3.05, 3.63) is 49.1 Å². The van der Waals surface area contributed by atoms with Crippen molar-refractivity contribution in [2.45, 2.75) is 12.6 Å². The molecule has 1 amide bonds. The molecular formula is C14H15NO3. The van der Waals surface area contributed by atoms with E-state index in [0.717, 1.165) is 0 Å². The van der Waals surface area contributed by atoms with Gasteiger partial charge in [-0.25, -0.2) is 0 Å². The summed E-state index contributed by atoms with van der Waals surface area (Å²) in [6, 6.07) is 6.97. The van der Waals surface area contributed by atoms with Gasteiger partial charge in [0.25, 0.3) is 0 Å². The molecule has 4 heteroatoms. The molecule has 0 aliphatic carbocycles. The molecule has 0 spiro atoms. The van der Waals surface area contributed by atoms with E-state index in [2.05, 4.69) is 13.2 Å². The van der Waals surface area contributed by atoms with Crippen molar-refractivity contribution < 1.29 is 14.6 Å². The third-order valence-corrected chi connectivity index (χ3v) is 2.74. The number of hydrogen-bond acceptors (Lipinski definition) is 3. The van der Waals surface area contributed by atoms with Gasteiger partial charge in [-0.3, -0.25) is 9.69 Å². The number of nitrogens with zero attached hydrogens (tertiary/aromatic N) is 1. The Bertz CT molecular complexity index is 478. The van der Waals surface area contributed by atoms with Gasteiger partial charge in [0.15, 0.2) is 6.23 Å². The second-order valence-electron chi connectivity index (χ2n) is 4.07. The normalized spacial score (nSPS) is 19.2. The van der Waals surface area contributed by atoms with E-state index in [1.165, 1.54) is 4.90 Å². The fraction of sp³-hybridized carbons (Fsp3) is 0.214. The Hall–Kier alpha value is -2.07. The molecule has 1 atom stereocenters. The topological polar surface area (TPSA) is 49.8 Å². The number of ether oxygens (including phenoxy) is 1. The highest BCUT2D eigenvalue weighted by Gasteiger charge is 2.33. The van der Waals surface area contributed by atoms with E-state index in [-0.39, 0.29) is 12.3 Å². The van der Waals surface area contributed by atoms with E-state index < -0.39 is 6.23 Å². The molecule has 0 bridgehead atoms. The minimum absolute atomic E-state index is 0.146. The summed E-state index contributed by atoms with van der Waals surface area (Å²) in [4.78, 5) is 13.0. The van der Waals surface area contributed by atoms with Crippen molar-refractivity contribution in [3.8, 4) is 5.75 Å². The average molecular weight is 245 g/mol. The molecule has 2 rings (SSSR count). The molecule has 18 heavy (non-hydrogen) atoms. The summed E-state index contributed by atoms with van der Waals surface area (Å²) in [5, 5.41) is 9.85. The van der Waals surface area contributed by atoms with Crippen LogP contribution in [0.1, 0.15) is 6.42 Å². The standard InChI is InChI=1S/C14H15NO3/c1-3-8-18-12-6-4-11(5-7-12)15-13(16)9-10(2)14(15)17/h3-7,14,17H,1-2,8-9H2. The first-order chi connectivity index (χ1) is 8.63. The van der Waals surface area contributed by atoms with Crippen LogP contribution >= 0.6 is 0 Å². The lowest BCUT2D eigenvalue weighted by Crippen LogP contribution is -2.32. The van der Waals surface area contributed by atoms with E-state index in [9.17, 15) is 9.90 Å². The quantitative estimate of drug-likeness (QED) is 0.824. The third-order valence-electron chi connectivity index (χ3n) is 2.74. The number of hydrogen-bond donors (Lipinski definition) is 1. The van der Waals surface area contributed by atoms with E-state index in [1.54, 1.807) is 30.3 Å². The second kappa shape index (κ2) is 5.06. The molecule has 94 valence electrons. The second-order valence-corrected chi connectivity index (χ2v) is 4.07. The lowest BCUT2D eigenvalue weighted by Gasteiger charge is -2.20. The van der Waals surface area contributed by atoms with Crippen molar-refractivity contribution in [1.29, 1.82) is 0 Å². The Morgan fingerprint density at radius 3 is 2.61 bits per heavy atom. The first-order valence-corrected chi connectivity index (χ1v) is 5.65. The molecule has 1 unspecified atom stereocenters. The summed E-state index contributed by atoms with van der Waals surface area (Å²) in [7, 11) is 0. The summed E-state index contributed by atoms with van der Waals surface area (Å²) in [6.45, 7) is 7.67. The molecule has 1 aliphatic rings. The molecule has 1 aromatic carbocycles. The van der Waals surface area contributed by atoms with Crippen LogP contribution in [0.2, 0.25) is 0 Å². The number of benzene rings is 1. The van der Waals surface area contributed by atoms with Crippen molar-refractivity contribution in [2.75, 3.05) is 11.5 Å². The molecule has 0 radical (unpaired) electrons. The third kappa shape index (κ3) is 2.28. The van der Waals surface area contributed by atoms with E-state index in [4.69, 9.17) is 4.74 Å². The number of carbonyl (C=O) groups is 1. The van der Waals surface area contributed by atoms with E-state index >= 15 is 0 Å². The monoisotopic (exact) mass is 245 g/mol. The summed E-state index contributed by atoms with van der Waals surface area (Å²) in [5.41, 5.74) is 1.16. The van der Waals surface area contributed by atoms with Crippen molar-refractivity contribution in [1.82, 2.24) is 0 Å². The summed E-state index contributed by atoms with van der Waals surface area (Å²) >= 11 is 0. The van der Waals surface area contributed by atoms with Gasteiger partial charge in [0.1, 0.15) is 12.4 Å². The van der Waals surface area contributed by atoms with Gasteiger partial charge < -0.3 is 9.84 Å². The van der Waals surface area contributed by atoms with Gasteiger partial charge in [-0.05, 0) is 29.8 Å². The maximum atomic E-state index is 11.7. The molecule has 1 aromatic rings. The van der Waals surface area contributed by atoms with Crippen LogP contribution in [-0.2, 0) is 4.79 Å². The van der Waals surface area contributed by atoms with Crippen LogP contribution in [0.3, 0.4) is 0 Å². The molecule has 0 aromatic heterocycles. The highest BCUT2D eigenvalue weighted by atomic mass is 16.5. The van der Waals surface area contributed by atoms with Gasteiger partial charge in [-0.2, -0.15) is 0 Å². The number of carbonyl (C=O) groups excluding carboxylic acids is 1. The molecule has 1 heterocycles. The molecule has 1 saturated heterocycles. The fourth-order valence-electron chi connectivity index (χ4n) is 1.83. The summed E-state index contributed by atoms with van der Waals surface area (Å²) in [6.07, 6.45) is 0.916. The number of anilines is 1. The zero-order valence-corrected chi connectivity index (χ0v) is 10.0. The highest BCUT2D eigenvalue weighted by Crippen LogP contribution is 2.29. The molecule has 1 N–H and O–H groups in total. The highest BCUT2D eigenvalue weighted by molar-refractivity contribution is 5.99. The Morgan fingerprint density at radius 2 is 2.11 bits per heavy atom.